The van der Waals surface area contributed by atoms with Crippen molar-refractivity contribution in [3.63, 3.8) is 0 Å². The van der Waals surface area contributed by atoms with Crippen LogP contribution in [0.5, 0.6) is 0 Å². The first kappa shape index (κ1) is 14.1. The molecule has 22 heavy (non-hydrogen) atoms. The molecule has 0 saturated heterocycles. The smallest absolute Gasteiger partial charge is 0.232 e. The van der Waals surface area contributed by atoms with Crippen LogP contribution in [0.2, 0.25) is 0 Å². The van der Waals surface area contributed by atoms with Crippen molar-refractivity contribution < 1.29 is 9.13 Å². The van der Waals surface area contributed by atoms with Crippen LogP contribution in [0.15, 0.2) is 74.9 Å². The van der Waals surface area contributed by atoms with Crippen molar-refractivity contribution in [3.05, 3.63) is 86.0 Å². The Morgan fingerprint density at radius 1 is 0.773 bits per heavy atom. The van der Waals surface area contributed by atoms with Gasteiger partial charge in [-0.15, -0.1) is 0 Å². The van der Waals surface area contributed by atoms with E-state index >= 15 is 0 Å². The highest BCUT2D eigenvalue weighted by Crippen LogP contribution is 2.04. The van der Waals surface area contributed by atoms with Crippen LogP contribution in [0.1, 0.15) is 11.1 Å². The fraction of sp³-hybridized carbons (Fsp3) is 0.111. The summed E-state index contributed by atoms with van der Waals surface area (Å²) in [6, 6.07) is 8.72. The van der Waals surface area contributed by atoms with Crippen molar-refractivity contribution in [1.82, 2.24) is 9.13 Å². The Bertz CT molecular complexity index is 710. The zero-order valence-corrected chi connectivity index (χ0v) is 12.5. The van der Waals surface area contributed by atoms with Crippen molar-refractivity contribution >= 4 is 12.4 Å². The summed E-state index contributed by atoms with van der Waals surface area (Å²) in [5, 5.41) is 0. The second kappa shape index (κ2) is 6.26. The van der Waals surface area contributed by atoms with E-state index in [9.17, 15) is 0 Å². The zero-order valence-electron chi connectivity index (χ0n) is 12.5. The highest BCUT2D eigenvalue weighted by atomic mass is 15.1. The Kier molecular flexibility index (Phi) is 4.01. The average molecular weight is 292 g/mol. The molecule has 0 atom stereocenters. The van der Waals surface area contributed by atoms with Crippen LogP contribution in [0, 0.1) is 0 Å². The minimum absolute atomic E-state index is 0.862. The normalized spacial score (nSPS) is 10.5. The van der Waals surface area contributed by atoms with E-state index in [2.05, 4.69) is 46.6 Å². The molecule has 0 aliphatic carbocycles. The molecule has 0 N–H and O–H groups in total. The standard InChI is InChI=1S/C18H20N4/c1-3-19-9-11-21(15-19)13-17-5-7-18(8-6-17)14-22-12-10-20(4-2)16-22/h3-12,15-16H,1-2,13-14H2/q+2. The quantitative estimate of drug-likeness (QED) is 0.620. The number of hydrogen-bond donors (Lipinski definition) is 0. The van der Waals surface area contributed by atoms with Gasteiger partial charge in [-0.05, 0) is 11.1 Å². The van der Waals surface area contributed by atoms with Gasteiger partial charge in [0.2, 0.25) is 12.7 Å². The van der Waals surface area contributed by atoms with Gasteiger partial charge in [0.25, 0.3) is 0 Å². The second-order valence-corrected chi connectivity index (χ2v) is 5.25. The average Bonchev–Trinajstić information content (AvgIpc) is 3.18. The second-order valence-electron chi connectivity index (χ2n) is 5.25. The van der Waals surface area contributed by atoms with E-state index < -0.39 is 0 Å². The van der Waals surface area contributed by atoms with E-state index in [1.807, 2.05) is 46.6 Å². The Morgan fingerprint density at radius 2 is 1.18 bits per heavy atom. The summed E-state index contributed by atoms with van der Waals surface area (Å²) in [4.78, 5) is 0. The third-order valence-electron chi connectivity index (χ3n) is 3.60. The van der Waals surface area contributed by atoms with Crippen molar-refractivity contribution in [2.75, 3.05) is 0 Å². The van der Waals surface area contributed by atoms with Gasteiger partial charge in [-0.25, -0.2) is 18.3 Å². The van der Waals surface area contributed by atoms with E-state index in [-0.39, 0.29) is 0 Å². The van der Waals surface area contributed by atoms with Gasteiger partial charge in [0.1, 0.15) is 37.9 Å². The molecule has 0 amide bonds. The van der Waals surface area contributed by atoms with Crippen molar-refractivity contribution in [2.45, 2.75) is 13.1 Å². The third kappa shape index (κ3) is 3.23. The molecule has 0 bridgehead atoms. The van der Waals surface area contributed by atoms with Gasteiger partial charge in [0, 0.05) is 0 Å². The molecule has 4 heteroatoms. The predicted octanol–water partition coefficient (Wildman–Crippen LogP) is 2.16. The van der Waals surface area contributed by atoms with E-state index in [1.165, 1.54) is 11.1 Å². The Hall–Kier alpha value is -2.88. The van der Waals surface area contributed by atoms with Crippen LogP contribution < -0.4 is 9.13 Å². The Morgan fingerprint density at radius 3 is 1.50 bits per heavy atom. The van der Waals surface area contributed by atoms with Crippen molar-refractivity contribution in [2.24, 2.45) is 0 Å². The topological polar surface area (TPSA) is 17.6 Å². The molecular formula is C18H20N4+2. The van der Waals surface area contributed by atoms with E-state index in [0.29, 0.717) is 0 Å². The lowest BCUT2D eigenvalue weighted by molar-refractivity contribution is -0.688. The minimum atomic E-state index is 0.862. The molecule has 2 aromatic heterocycles. The Labute approximate surface area is 130 Å². The van der Waals surface area contributed by atoms with Crippen LogP contribution >= 0.6 is 0 Å². The predicted molar refractivity (Wildman–Crippen MR) is 86.7 cm³/mol. The van der Waals surface area contributed by atoms with Crippen LogP contribution in [0.3, 0.4) is 0 Å². The summed E-state index contributed by atoms with van der Waals surface area (Å²) in [5.74, 6) is 0. The molecule has 2 heterocycles. The monoisotopic (exact) mass is 292 g/mol. The van der Waals surface area contributed by atoms with E-state index in [0.717, 1.165) is 13.1 Å². The number of benzene rings is 1. The lowest BCUT2D eigenvalue weighted by Crippen LogP contribution is -2.32. The molecule has 0 unspecified atom stereocenters. The molecule has 4 nitrogen and oxygen atoms in total. The fourth-order valence-electron chi connectivity index (χ4n) is 2.40. The van der Waals surface area contributed by atoms with Crippen LogP contribution in [0.25, 0.3) is 12.4 Å². The number of hydrogen-bond acceptors (Lipinski definition) is 0. The first-order valence-electron chi connectivity index (χ1n) is 7.23. The SMILES string of the molecule is C=Cn1cc[n+](Cc2ccc(C[n+]3ccn(C=C)c3)cc2)c1. The van der Waals surface area contributed by atoms with Gasteiger partial charge in [0.05, 0.1) is 12.4 Å². The molecule has 0 spiro atoms. The summed E-state index contributed by atoms with van der Waals surface area (Å²) < 4.78 is 8.15. The fourth-order valence-corrected chi connectivity index (χ4v) is 2.40. The minimum Gasteiger partial charge on any atom is -0.232 e. The first-order chi connectivity index (χ1) is 10.8. The Balaban J connectivity index is 1.66. The number of rotatable bonds is 6. The van der Waals surface area contributed by atoms with Gasteiger partial charge in [-0.1, -0.05) is 37.4 Å². The first-order valence-corrected chi connectivity index (χ1v) is 7.23. The largest absolute Gasteiger partial charge is 0.248 e. The summed E-state index contributed by atoms with van der Waals surface area (Å²) in [7, 11) is 0. The van der Waals surface area contributed by atoms with Gasteiger partial charge in [-0.3, -0.25) is 0 Å². The molecular weight excluding hydrogens is 272 g/mol. The van der Waals surface area contributed by atoms with Crippen LogP contribution in [-0.4, -0.2) is 9.13 Å². The summed E-state index contributed by atoms with van der Waals surface area (Å²) in [6.45, 7) is 9.22. The van der Waals surface area contributed by atoms with E-state index in [1.54, 1.807) is 12.4 Å². The molecule has 3 rings (SSSR count). The number of aromatic nitrogens is 4. The van der Waals surface area contributed by atoms with Crippen LogP contribution in [0.4, 0.5) is 0 Å². The van der Waals surface area contributed by atoms with Gasteiger partial charge in [0.15, 0.2) is 0 Å². The lowest BCUT2D eigenvalue weighted by atomic mass is 10.1. The maximum Gasteiger partial charge on any atom is 0.248 e. The molecule has 0 aliphatic heterocycles. The zero-order chi connectivity index (χ0) is 15.4. The summed E-state index contributed by atoms with van der Waals surface area (Å²) in [6.07, 6.45) is 15.7. The van der Waals surface area contributed by atoms with Crippen molar-refractivity contribution in [3.8, 4) is 0 Å². The van der Waals surface area contributed by atoms with Gasteiger partial charge >= 0.3 is 0 Å². The number of imidazole rings is 2. The lowest BCUT2D eigenvalue weighted by Gasteiger charge is -2.01. The summed E-state index contributed by atoms with van der Waals surface area (Å²) in [5.41, 5.74) is 2.56. The molecule has 0 saturated carbocycles. The molecule has 0 radical (unpaired) electrons. The van der Waals surface area contributed by atoms with E-state index in [4.69, 9.17) is 0 Å². The third-order valence-corrected chi connectivity index (χ3v) is 3.60. The highest BCUT2D eigenvalue weighted by Gasteiger charge is 2.05. The van der Waals surface area contributed by atoms with Crippen molar-refractivity contribution in [1.29, 1.82) is 0 Å². The van der Waals surface area contributed by atoms with Gasteiger partial charge in [-0.2, -0.15) is 0 Å². The number of nitrogens with zero attached hydrogens (tertiary/aromatic N) is 4. The molecule has 110 valence electrons. The summed E-state index contributed by atoms with van der Waals surface area (Å²) >= 11 is 0. The van der Waals surface area contributed by atoms with Gasteiger partial charge < -0.3 is 0 Å². The molecule has 1 aromatic carbocycles. The molecule has 0 fully saturated rings. The maximum absolute atomic E-state index is 3.75. The highest BCUT2D eigenvalue weighted by molar-refractivity contribution is 5.21. The maximum atomic E-state index is 3.75. The molecule has 0 aliphatic rings. The van der Waals surface area contributed by atoms with Crippen LogP contribution in [-0.2, 0) is 13.1 Å². The molecule has 3 aromatic rings.